The molecule has 0 unspecified atom stereocenters. The first-order chi connectivity index (χ1) is 12.2. The topological polar surface area (TPSA) is 60.0 Å². The van der Waals surface area contributed by atoms with Crippen molar-refractivity contribution in [2.45, 2.75) is 32.2 Å². The van der Waals surface area contributed by atoms with Crippen molar-refractivity contribution in [3.63, 3.8) is 0 Å². The molecule has 7 heteroatoms. The highest BCUT2D eigenvalue weighted by atomic mass is 35.5. The third kappa shape index (κ3) is 3.75. The predicted molar refractivity (Wildman–Crippen MR) is 94.9 cm³/mol. The van der Waals surface area contributed by atoms with E-state index in [0.29, 0.717) is 16.8 Å². The largest absolute Gasteiger partial charge is 0.340 e. The molecule has 0 aliphatic carbocycles. The predicted octanol–water partition coefficient (Wildman–Crippen LogP) is 3.60. The van der Waals surface area contributed by atoms with Crippen LogP contribution in [0.2, 0.25) is 5.02 Å². The lowest BCUT2D eigenvalue weighted by molar-refractivity contribution is 0.200. The molecule has 130 valence electrons. The van der Waals surface area contributed by atoms with E-state index in [2.05, 4.69) is 26.3 Å². The van der Waals surface area contributed by atoms with Gasteiger partial charge >= 0.3 is 0 Å². The Balaban J connectivity index is 1.36. The number of benzene rings is 1. The van der Waals surface area contributed by atoms with Gasteiger partial charge in [0.15, 0.2) is 5.82 Å². The molecule has 0 bridgehead atoms. The fourth-order valence-electron chi connectivity index (χ4n) is 3.29. The molecule has 1 aliphatic rings. The van der Waals surface area contributed by atoms with Gasteiger partial charge in [-0.25, -0.2) is 4.68 Å². The van der Waals surface area contributed by atoms with Gasteiger partial charge in [-0.15, -0.1) is 0 Å². The lowest BCUT2D eigenvalue weighted by Crippen LogP contribution is -2.32. The van der Waals surface area contributed by atoms with E-state index >= 15 is 0 Å². The first-order valence-corrected chi connectivity index (χ1v) is 8.87. The summed E-state index contributed by atoms with van der Waals surface area (Å²) >= 11 is 6.06. The van der Waals surface area contributed by atoms with Crippen LogP contribution in [0.4, 0.5) is 0 Å². The lowest BCUT2D eigenvalue weighted by atomic mass is 9.96. The fraction of sp³-hybridized carbons (Fsp3) is 0.389. The van der Waals surface area contributed by atoms with E-state index in [0.717, 1.165) is 44.0 Å². The zero-order chi connectivity index (χ0) is 17.2. The van der Waals surface area contributed by atoms with Crippen LogP contribution < -0.4 is 0 Å². The molecule has 1 aromatic carbocycles. The number of nitrogens with zero attached hydrogens (tertiary/aromatic N) is 5. The maximum absolute atomic E-state index is 6.06. The molecule has 0 N–H and O–H groups in total. The van der Waals surface area contributed by atoms with Gasteiger partial charge in [-0.2, -0.15) is 10.1 Å². The molecular formula is C18H20ClN5O. The monoisotopic (exact) mass is 357 g/mol. The fourth-order valence-corrected chi connectivity index (χ4v) is 3.47. The minimum Gasteiger partial charge on any atom is -0.340 e. The zero-order valence-electron chi connectivity index (χ0n) is 14.1. The Morgan fingerprint density at radius 1 is 1.28 bits per heavy atom. The summed E-state index contributed by atoms with van der Waals surface area (Å²) < 4.78 is 6.97. The van der Waals surface area contributed by atoms with Crippen LogP contribution in [0.15, 0.2) is 41.2 Å². The molecule has 0 saturated carbocycles. The van der Waals surface area contributed by atoms with Crippen molar-refractivity contribution in [2.24, 2.45) is 0 Å². The van der Waals surface area contributed by atoms with Gasteiger partial charge in [0.1, 0.15) is 0 Å². The van der Waals surface area contributed by atoms with Crippen LogP contribution in [0.25, 0.3) is 5.69 Å². The molecule has 6 nitrogen and oxygen atoms in total. The second kappa shape index (κ2) is 6.98. The first-order valence-electron chi connectivity index (χ1n) is 8.49. The van der Waals surface area contributed by atoms with Crippen LogP contribution in [-0.2, 0) is 6.54 Å². The van der Waals surface area contributed by atoms with Gasteiger partial charge in [-0.1, -0.05) is 22.8 Å². The third-order valence-electron chi connectivity index (χ3n) is 4.61. The summed E-state index contributed by atoms with van der Waals surface area (Å²) in [5.74, 6) is 1.90. The molecule has 0 amide bonds. The second-order valence-electron chi connectivity index (χ2n) is 6.50. The van der Waals surface area contributed by atoms with Crippen LogP contribution in [0.5, 0.6) is 0 Å². The van der Waals surface area contributed by atoms with Crippen LogP contribution in [0, 0.1) is 6.92 Å². The summed E-state index contributed by atoms with van der Waals surface area (Å²) in [5, 5.41) is 9.24. The quantitative estimate of drug-likeness (QED) is 0.714. The standard InChI is InChI=1S/C18H20ClN5O/c1-13-21-18(22-25-13)15-5-7-23(8-6-15)11-14-10-20-24(12-14)17-4-2-3-16(19)9-17/h2-4,9-10,12,15H,5-8,11H2,1H3. The lowest BCUT2D eigenvalue weighted by Gasteiger charge is -2.30. The summed E-state index contributed by atoms with van der Waals surface area (Å²) in [6.45, 7) is 4.79. The normalized spacial score (nSPS) is 16.4. The van der Waals surface area contributed by atoms with Crippen molar-refractivity contribution in [1.82, 2.24) is 24.8 Å². The molecule has 4 rings (SSSR count). The molecule has 1 saturated heterocycles. The van der Waals surface area contributed by atoms with E-state index in [1.807, 2.05) is 42.1 Å². The van der Waals surface area contributed by atoms with Crippen molar-refractivity contribution >= 4 is 11.6 Å². The van der Waals surface area contributed by atoms with E-state index in [4.69, 9.17) is 16.1 Å². The van der Waals surface area contributed by atoms with Gasteiger partial charge < -0.3 is 4.52 Å². The van der Waals surface area contributed by atoms with E-state index in [-0.39, 0.29) is 0 Å². The van der Waals surface area contributed by atoms with Crippen molar-refractivity contribution in [2.75, 3.05) is 13.1 Å². The molecule has 1 aliphatic heterocycles. The first kappa shape index (κ1) is 16.3. The Labute approximate surface area is 151 Å². The van der Waals surface area contributed by atoms with Crippen molar-refractivity contribution in [3.8, 4) is 5.69 Å². The van der Waals surface area contributed by atoms with Crippen molar-refractivity contribution < 1.29 is 4.52 Å². The average Bonchev–Trinajstić information content (AvgIpc) is 3.25. The highest BCUT2D eigenvalue weighted by Gasteiger charge is 2.24. The summed E-state index contributed by atoms with van der Waals surface area (Å²) in [4.78, 5) is 6.81. The number of rotatable bonds is 4. The number of aryl methyl sites for hydroxylation is 1. The van der Waals surface area contributed by atoms with Gasteiger partial charge in [-0.3, -0.25) is 4.90 Å². The maximum atomic E-state index is 6.06. The van der Waals surface area contributed by atoms with E-state index in [1.165, 1.54) is 5.56 Å². The molecule has 1 fully saturated rings. The molecule has 3 heterocycles. The molecule has 25 heavy (non-hydrogen) atoms. The van der Waals surface area contributed by atoms with Gasteiger partial charge in [0.05, 0.1) is 11.9 Å². The highest BCUT2D eigenvalue weighted by molar-refractivity contribution is 6.30. The Kier molecular flexibility index (Phi) is 4.55. The number of aromatic nitrogens is 4. The molecular weight excluding hydrogens is 338 g/mol. The van der Waals surface area contributed by atoms with Crippen LogP contribution in [-0.4, -0.2) is 37.9 Å². The molecule has 0 spiro atoms. The minimum absolute atomic E-state index is 0.405. The zero-order valence-corrected chi connectivity index (χ0v) is 14.9. The average molecular weight is 358 g/mol. The van der Waals surface area contributed by atoms with E-state index in [1.54, 1.807) is 0 Å². The van der Waals surface area contributed by atoms with E-state index in [9.17, 15) is 0 Å². The summed E-state index contributed by atoms with van der Waals surface area (Å²) in [5.41, 5.74) is 2.18. The Hall–Kier alpha value is -2.18. The Bertz CT molecular complexity index is 851. The Morgan fingerprint density at radius 2 is 2.12 bits per heavy atom. The number of hydrogen-bond acceptors (Lipinski definition) is 5. The number of hydrogen-bond donors (Lipinski definition) is 0. The van der Waals surface area contributed by atoms with Crippen LogP contribution in [0.1, 0.15) is 36.0 Å². The SMILES string of the molecule is Cc1nc(C2CCN(Cc3cnn(-c4cccc(Cl)c4)c3)CC2)no1. The number of likely N-dealkylation sites (tertiary alicyclic amines) is 1. The van der Waals surface area contributed by atoms with Crippen molar-refractivity contribution in [3.05, 3.63) is 59.0 Å². The van der Waals surface area contributed by atoms with Crippen LogP contribution >= 0.6 is 11.6 Å². The number of halogens is 1. The van der Waals surface area contributed by atoms with Gasteiger partial charge in [0.2, 0.25) is 5.89 Å². The summed E-state index contributed by atoms with van der Waals surface area (Å²) in [6.07, 6.45) is 6.11. The summed E-state index contributed by atoms with van der Waals surface area (Å²) in [7, 11) is 0. The third-order valence-corrected chi connectivity index (χ3v) is 4.85. The van der Waals surface area contributed by atoms with Gasteiger partial charge in [0.25, 0.3) is 0 Å². The maximum Gasteiger partial charge on any atom is 0.223 e. The van der Waals surface area contributed by atoms with Gasteiger partial charge in [0, 0.05) is 36.2 Å². The van der Waals surface area contributed by atoms with Crippen LogP contribution in [0.3, 0.4) is 0 Å². The summed E-state index contributed by atoms with van der Waals surface area (Å²) in [6, 6.07) is 7.71. The second-order valence-corrected chi connectivity index (χ2v) is 6.93. The minimum atomic E-state index is 0.405. The smallest absolute Gasteiger partial charge is 0.223 e. The van der Waals surface area contributed by atoms with Crippen molar-refractivity contribution in [1.29, 1.82) is 0 Å². The molecule has 0 atom stereocenters. The van der Waals surface area contributed by atoms with E-state index < -0.39 is 0 Å². The molecule has 0 radical (unpaired) electrons. The number of piperidine rings is 1. The Morgan fingerprint density at radius 3 is 2.84 bits per heavy atom. The highest BCUT2D eigenvalue weighted by Crippen LogP contribution is 2.26. The molecule has 3 aromatic rings. The molecule has 2 aromatic heterocycles. The van der Waals surface area contributed by atoms with Gasteiger partial charge in [-0.05, 0) is 44.1 Å².